The zero-order valence-corrected chi connectivity index (χ0v) is 12.0. The highest BCUT2D eigenvalue weighted by molar-refractivity contribution is 5.87. The van der Waals surface area contributed by atoms with Gasteiger partial charge in [-0.25, -0.2) is 4.39 Å². The highest BCUT2D eigenvalue weighted by Crippen LogP contribution is 2.59. The van der Waals surface area contributed by atoms with E-state index in [0.29, 0.717) is 23.5 Å². The molecule has 0 spiro atoms. The lowest BCUT2D eigenvalue weighted by Gasteiger charge is -2.48. The first-order valence-electron chi connectivity index (χ1n) is 7.91. The van der Waals surface area contributed by atoms with Crippen molar-refractivity contribution in [3.8, 4) is 0 Å². The average molecular weight is 272 g/mol. The van der Waals surface area contributed by atoms with Crippen LogP contribution in [0.2, 0.25) is 0 Å². The molecule has 0 saturated heterocycles. The highest BCUT2D eigenvalue weighted by Gasteiger charge is 2.54. The maximum Gasteiger partial charge on any atom is 0.139 e. The summed E-state index contributed by atoms with van der Waals surface area (Å²) < 4.78 is 13.4. The van der Waals surface area contributed by atoms with Crippen molar-refractivity contribution < 1.29 is 9.18 Å². The van der Waals surface area contributed by atoms with E-state index in [9.17, 15) is 9.18 Å². The van der Waals surface area contributed by atoms with Gasteiger partial charge in [0.2, 0.25) is 0 Å². The Morgan fingerprint density at radius 3 is 2.90 bits per heavy atom. The highest BCUT2D eigenvalue weighted by atomic mass is 19.1. The van der Waals surface area contributed by atoms with Crippen molar-refractivity contribution in [2.75, 3.05) is 0 Å². The number of aryl methyl sites for hydroxylation is 1. The van der Waals surface area contributed by atoms with Crippen molar-refractivity contribution in [2.24, 2.45) is 17.3 Å². The van der Waals surface area contributed by atoms with Crippen LogP contribution in [0.15, 0.2) is 18.2 Å². The van der Waals surface area contributed by atoms with Gasteiger partial charge in [0.05, 0.1) is 0 Å². The standard InChI is InChI=1S/C18H21FO/c1-18-9-8-14-13-5-3-12(19)10-11(13)2-4-15(14)16(18)6-7-17(18)20/h3,5,10,14-16H,2,4,6-9H2,1H3/t14-,15-,16+,18+/m1/s1. The lowest BCUT2D eigenvalue weighted by molar-refractivity contribution is -0.129. The molecule has 0 amide bonds. The molecule has 1 nitrogen and oxygen atoms in total. The van der Waals surface area contributed by atoms with Crippen molar-refractivity contribution in [1.29, 1.82) is 0 Å². The molecule has 106 valence electrons. The summed E-state index contributed by atoms with van der Waals surface area (Å²) in [5.74, 6) is 2.14. The Kier molecular flexibility index (Phi) is 2.61. The third-order valence-electron chi connectivity index (χ3n) is 6.40. The summed E-state index contributed by atoms with van der Waals surface area (Å²) in [6.07, 6.45) is 6.09. The molecule has 0 N–H and O–H groups in total. The molecule has 0 aliphatic heterocycles. The predicted octanol–water partition coefficient (Wildman–Crippen LogP) is 4.25. The molecule has 2 fully saturated rings. The van der Waals surface area contributed by atoms with Gasteiger partial charge in [0.15, 0.2) is 0 Å². The minimum atomic E-state index is -0.112. The number of Topliss-reactive ketones (excluding diaryl/α,β-unsaturated/α-hetero) is 1. The van der Waals surface area contributed by atoms with Crippen LogP contribution in [0.25, 0.3) is 0 Å². The van der Waals surface area contributed by atoms with Gasteiger partial charge in [-0.05, 0) is 73.1 Å². The van der Waals surface area contributed by atoms with E-state index in [-0.39, 0.29) is 11.2 Å². The molecule has 20 heavy (non-hydrogen) atoms. The largest absolute Gasteiger partial charge is 0.299 e. The molecule has 0 bridgehead atoms. The molecular weight excluding hydrogens is 251 g/mol. The molecule has 1 aromatic rings. The molecule has 4 rings (SSSR count). The normalized spacial score (nSPS) is 39.1. The van der Waals surface area contributed by atoms with Crippen LogP contribution in [0.3, 0.4) is 0 Å². The van der Waals surface area contributed by atoms with Gasteiger partial charge in [-0.1, -0.05) is 13.0 Å². The summed E-state index contributed by atoms with van der Waals surface area (Å²) in [6, 6.07) is 5.33. The second-order valence-corrected chi connectivity index (χ2v) is 7.18. The number of halogens is 1. The molecule has 3 aliphatic rings. The Morgan fingerprint density at radius 2 is 2.05 bits per heavy atom. The van der Waals surface area contributed by atoms with E-state index in [4.69, 9.17) is 0 Å². The lowest BCUT2D eigenvalue weighted by Crippen LogP contribution is -2.42. The summed E-state index contributed by atoms with van der Waals surface area (Å²) in [6.45, 7) is 2.20. The van der Waals surface area contributed by atoms with Gasteiger partial charge in [-0.3, -0.25) is 4.79 Å². The van der Waals surface area contributed by atoms with E-state index < -0.39 is 0 Å². The smallest absolute Gasteiger partial charge is 0.139 e. The van der Waals surface area contributed by atoms with Gasteiger partial charge in [0.1, 0.15) is 11.6 Å². The number of fused-ring (bicyclic) bond motifs is 5. The van der Waals surface area contributed by atoms with Crippen LogP contribution in [-0.4, -0.2) is 5.78 Å². The first kappa shape index (κ1) is 12.6. The minimum absolute atomic E-state index is 0.0568. The summed E-state index contributed by atoms with van der Waals surface area (Å²) in [7, 11) is 0. The van der Waals surface area contributed by atoms with E-state index in [0.717, 1.165) is 38.5 Å². The van der Waals surface area contributed by atoms with E-state index in [1.807, 2.05) is 6.07 Å². The Labute approximate surface area is 119 Å². The van der Waals surface area contributed by atoms with Crippen molar-refractivity contribution in [3.05, 3.63) is 35.1 Å². The third-order valence-corrected chi connectivity index (χ3v) is 6.40. The number of benzene rings is 1. The van der Waals surface area contributed by atoms with Gasteiger partial charge >= 0.3 is 0 Å². The van der Waals surface area contributed by atoms with Crippen molar-refractivity contribution >= 4 is 5.78 Å². The molecule has 0 unspecified atom stereocenters. The van der Waals surface area contributed by atoms with Crippen molar-refractivity contribution in [2.45, 2.75) is 51.4 Å². The number of hydrogen-bond acceptors (Lipinski definition) is 1. The Morgan fingerprint density at radius 1 is 1.20 bits per heavy atom. The molecule has 0 aromatic heterocycles. The van der Waals surface area contributed by atoms with Gasteiger partial charge in [0, 0.05) is 11.8 Å². The van der Waals surface area contributed by atoms with Crippen molar-refractivity contribution in [1.82, 2.24) is 0 Å². The SMILES string of the molecule is C[C@]12CC[C@@H]3c4ccc(F)cc4CC[C@H]3[C@@H]1CCC2=O. The Bertz CT molecular complexity index is 579. The second kappa shape index (κ2) is 4.16. The molecule has 3 aliphatic carbocycles. The summed E-state index contributed by atoms with van der Waals surface area (Å²) in [5, 5.41) is 0. The number of hydrogen-bond donors (Lipinski definition) is 0. The van der Waals surface area contributed by atoms with Crippen LogP contribution in [0, 0.1) is 23.1 Å². The zero-order valence-electron chi connectivity index (χ0n) is 12.0. The molecular formula is C18H21FO. The van der Waals surface area contributed by atoms with E-state index >= 15 is 0 Å². The molecule has 4 atom stereocenters. The van der Waals surface area contributed by atoms with Crippen LogP contribution in [0.1, 0.15) is 56.1 Å². The minimum Gasteiger partial charge on any atom is -0.299 e. The summed E-state index contributed by atoms with van der Waals surface area (Å²) in [4.78, 5) is 12.2. The first-order valence-corrected chi connectivity index (χ1v) is 7.91. The van der Waals surface area contributed by atoms with Crippen LogP contribution >= 0.6 is 0 Å². The predicted molar refractivity (Wildman–Crippen MR) is 76.0 cm³/mol. The number of ketones is 1. The quantitative estimate of drug-likeness (QED) is 0.690. The Balaban J connectivity index is 1.73. The van der Waals surface area contributed by atoms with Crippen molar-refractivity contribution in [3.63, 3.8) is 0 Å². The topological polar surface area (TPSA) is 17.1 Å². The van der Waals surface area contributed by atoms with E-state index in [2.05, 4.69) is 6.92 Å². The first-order chi connectivity index (χ1) is 9.59. The van der Waals surface area contributed by atoms with Crippen LogP contribution in [0.4, 0.5) is 4.39 Å². The second-order valence-electron chi connectivity index (χ2n) is 7.18. The fraction of sp³-hybridized carbons (Fsp3) is 0.611. The fourth-order valence-electron chi connectivity index (χ4n) is 5.32. The Hall–Kier alpha value is -1.18. The monoisotopic (exact) mass is 272 g/mol. The summed E-state index contributed by atoms with van der Waals surface area (Å²) >= 11 is 0. The molecule has 0 radical (unpaired) electrons. The number of rotatable bonds is 0. The van der Waals surface area contributed by atoms with Gasteiger partial charge < -0.3 is 0 Å². The van der Waals surface area contributed by atoms with Crippen LogP contribution in [-0.2, 0) is 11.2 Å². The molecule has 2 saturated carbocycles. The van der Waals surface area contributed by atoms with Gasteiger partial charge in [-0.2, -0.15) is 0 Å². The van der Waals surface area contributed by atoms with E-state index in [1.165, 1.54) is 11.1 Å². The van der Waals surface area contributed by atoms with Crippen LogP contribution < -0.4 is 0 Å². The third kappa shape index (κ3) is 1.57. The zero-order chi connectivity index (χ0) is 13.9. The fourth-order valence-corrected chi connectivity index (χ4v) is 5.32. The van der Waals surface area contributed by atoms with E-state index in [1.54, 1.807) is 12.1 Å². The number of carbonyl (C=O) groups is 1. The molecule has 0 heterocycles. The maximum absolute atomic E-state index is 13.4. The number of carbonyl (C=O) groups excluding carboxylic acids is 1. The van der Waals surface area contributed by atoms with Crippen LogP contribution in [0.5, 0.6) is 0 Å². The lowest BCUT2D eigenvalue weighted by atomic mass is 9.55. The molecule has 1 aromatic carbocycles. The summed E-state index contributed by atoms with van der Waals surface area (Å²) in [5.41, 5.74) is 2.52. The maximum atomic E-state index is 13.4. The molecule has 2 heteroatoms. The van der Waals surface area contributed by atoms with Gasteiger partial charge in [-0.15, -0.1) is 0 Å². The van der Waals surface area contributed by atoms with Gasteiger partial charge in [0.25, 0.3) is 0 Å². The average Bonchev–Trinajstić information content (AvgIpc) is 2.74.